The van der Waals surface area contributed by atoms with E-state index in [9.17, 15) is 14.0 Å². The second-order valence-corrected chi connectivity index (χ2v) is 5.07. The molecule has 25 heavy (non-hydrogen) atoms. The number of rotatable bonds is 1. The van der Waals surface area contributed by atoms with Gasteiger partial charge in [0.25, 0.3) is 0 Å². The molecule has 2 aromatic heterocycles. The second kappa shape index (κ2) is 9.70. The Morgan fingerprint density at radius 3 is 2.32 bits per heavy atom. The molecule has 0 bridgehead atoms. The van der Waals surface area contributed by atoms with Crippen LogP contribution in [0.1, 0.15) is 5.69 Å². The predicted octanol–water partition coefficient (Wildman–Crippen LogP) is 1.71. The van der Waals surface area contributed by atoms with Crippen molar-refractivity contribution in [1.82, 2.24) is 19.1 Å². The summed E-state index contributed by atoms with van der Waals surface area (Å²) in [5.74, 6) is -0.748. The number of aromatic nitrogens is 4. The zero-order valence-electron chi connectivity index (χ0n) is 13.4. The van der Waals surface area contributed by atoms with E-state index < -0.39 is 17.1 Å². The molecule has 2 heterocycles. The SMILES string of the molecule is Cc1cc(=O)n(-c2c[c-]c(Cl)cc2F)c(=O)n1C.[Y].[c-]1ncccn1. The Morgan fingerprint density at radius 2 is 1.84 bits per heavy atom. The summed E-state index contributed by atoms with van der Waals surface area (Å²) in [6, 6.07) is 7.73. The molecule has 3 aromatic rings. The monoisotopic (exact) mass is 435 g/mol. The third-order valence-electron chi connectivity index (χ3n) is 3.08. The first kappa shape index (κ1) is 21.3. The Bertz CT molecular complexity index is 934. The molecule has 0 aliphatic heterocycles. The Labute approximate surface area is 173 Å². The zero-order chi connectivity index (χ0) is 17.7. The molecule has 0 aliphatic rings. The van der Waals surface area contributed by atoms with E-state index in [1.807, 2.05) is 0 Å². The van der Waals surface area contributed by atoms with Gasteiger partial charge in [-0.25, -0.2) is 9.18 Å². The van der Waals surface area contributed by atoms with Crippen LogP contribution in [0.2, 0.25) is 5.02 Å². The van der Waals surface area contributed by atoms with Crippen LogP contribution in [0.15, 0.2) is 46.2 Å². The molecule has 0 aliphatic carbocycles. The fraction of sp³-hybridized carbons (Fsp3) is 0.125. The van der Waals surface area contributed by atoms with Crippen LogP contribution in [0.25, 0.3) is 5.69 Å². The van der Waals surface area contributed by atoms with Gasteiger partial charge in [0.05, 0.1) is 0 Å². The molecule has 0 unspecified atom stereocenters. The van der Waals surface area contributed by atoms with Gasteiger partial charge in [-0.05, 0) is 12.6 Å². The van der Waals surface area contributed by atoms with E-state index in [0.717, 1.165) is 10.6 Å². The molecule has 1 aromatic carbocycles. The van der Waals surface area contributed by atoms with E-state index in [0.29, 0.717) is 5.69 Å². The Morgan fingerprint density at radius 1 is 1.20 bits per heavy atom. The fourth-order valence-electron chi connectivity index (χ4n) is 1.79. The number of halogens is 2. The maximum absolute atomic E-state index is 13.7. The van der Waals surface area contributed by atoms with Crippen molar-refractivity contribution < 1.29 is 37.1 Å². The summed E-state index contributed by atoms with van der Waals surface area (Å²) in [5.41, 5.74) is -0.871. The first-order valence-corrected chi connectivity index (χ1v) is 7.09. The van der Waals surface area contributed by atoms with Gasteiger partial charge >= 0.3 is 5.69 Å². The topological polar surface area (TPSA) is 69.8 Å². The average Bonchev–Trinajstić information content (AvgIpc) is 2.57. The van der Waals surface area contributed by atoms with Gasteiger partial charge in [-0.15, -0.1) is 29.8 Å². The molecule has 0 spiro atoms. The third kappa shape index (κ3) is 5.39. The molecule has 9 heteroatoms. The van der Waals surface area contributed by atoms with Crippen LogP contribution in [0.3, 0.4) is 0 Å². The summed E-state index contributed by atoms with van der Waals surface area (Å²) in [4.78, 5) is 30.8. The van der Waals surface area contributed by atoms with E-state index in [1.165, 1.54) is 23.7 Å². The van der Waals surface area contributed by atoms with Crippen LogP contribution in [0.5, 0.6) is 0 Å². The summed E-state index contributed by atoms with van der Waals surface area (Å²) in [7, 11) is 1.51. The predicted molar refractivity (Wildman–Crippen MR) is 86.7 cm³/mol. The maximum atomic E-state index is 13.7. The van der Waals surface area contributed by atoms with Crippen LogP contribution >= 0.6 is 11.6 Å². The summed E-state index contributed by atoms with van der Waals surface area (Å²) < 4.78 is 15.7. The summed E-state index contributed by atoms with van der Waals surface area (Å²) in [5, 5.41) is 0.0771. The number of nitrogens with zero attached hydrogens (tertiary/aromatic N) is 4. The minimum Gasteiger partial charge on any atom is -0.374 e. The molecule has 3 rings (SSSR count). The Balaban J connectivity index is 0.000000379. The van der Waals surface area contributed by atoms with Crippen LogP contribution in [0, 0.1) is 25.1 Å². The van der Waals surface area contributed by atoms with Crippen LogP contribution in [-0.2, 0) is 39.8 Å². The number of hydrogen-bond donors (Lipinski definition) is 0. The Hall–Kier alpha value is -1.70. The van der Waals surface area contributed by atoms with Gasteiger partial charge in [0.2, 0.25) is 5.56 Å². The molecule has 127 valence electrons. The van der Waals surface area contributed by atoms with Gasteiger partial charge in [-0.1, -0.05) is 17.4 Å². The standard InChI is InChI=1S/C12H9ClFN2O2.C4H3N2.Y/c1-7-5-11(17)16(12(18)15(7)2)10-4-3-8(13)6-9(10)14;1-2-5-4-6-3-1;/h4-6H,1-2H3;1-3H;/q2*-1;. The second-order valence-electron chi connectivity index (χ2n) is 4.66. The number of aryl methyl sites for hydroxylation is 1. The first-order valence-electron chi connectivity index (χ1n) is 6.71. The average molecular weight is 436 g/mol. The first-order chi connectivity index (χ1) is 11.4. The zero-order valence-corrected chi connectivity index (χ0v) is 17.0. The summed E-state index contributed by atoms with van der Waals surface area (Å²) in [6.45, 7) is 1.62. The molecule has 0 amide bonds. The number of benzene rings is 1. The van der Waals surface area contributed by atoms with Crippen molar-refractivity contribution in [2.24, 2.45) is 7.05 Å². The molecule has 0 atom stereocenters. The van der Waals surface area contributed by atoms with Crippen molar-refractivity contribution >= 4 is 11.6 Å². The van der Waals surface area contributed by atoms with Crippen molar-refractivity contribution in [3.63, 3.8) is 0 Å². The van der Waals surface area contributed by atoms with Gasteiger partial charge < -0.3 is 14.5 Å². The van der Waals surface area contributed by atoms with E-state index in [-0.39, 0.29) is 43.4 Å². The molecule has 0 saturated heterocycles. The van der Waals surface area contributed by atoms with Gasteiger partial charge in [-0.2, -0.15) is 6.07 Å². The summed E-state index contributed by atoms with van der Waals surface area (Å²) >= 11 is 5.57. The van der Waals surface area contributed by atoms with E-state index in [4.69, 9.17) is 11.6 Å². The summed E-state index contributed by atoms with van der Waals surface area (Å²) in [6.07, 6.45) is 5.66. The van der Waals surface area contributed by atoms with Crippen molar-refractivity contribution in [3.8, 4) is 5.69 Å². The van der Waals surface area contributed by atoms with E-state index in [2.05, 4.69) is 22.4 Å². The van der Waals surface area contributed by atoms with Crippen molar-refractivity contribution in [2.75, 3.05) is 0 Å². The molecule has 0 N–H and O–H groups in total. The van der Waals surface area contributed by atoms with Crippen molar-refractivity contribution in [3.05, 3.63) is 86.4 Å². The maximum Gasteiger partial charge on any atom is 0.324 e. The minimum absolute atomic E-state index is 0. The molecular formula is C16H12ClFN4O2Y-2. The van der Waals surface area contributed by atoms with Crippen LogP contribution in [0.4, 0.5) is 4.39 Å². The van der Waals surface area contributed by atoms with Gasteiger partial charge in [0, 0.05) is 63.7 Å². The molecule has 0 fully saturated rings. The number of hydrogen-bond acceptors (Lipinski definition) is 4. The van der Waals surface area contributed by atoms with Gasteiger partial charge in [-0.3, -0.25) is 9.36 Å². The largest absolute Gasteiger partial charge is 0.374 e. The van der Waals surface area contributed by atoms with Gasteiger partial charge in [0.15, 0.2) is 0 Å². The smallest absolute Gasteiger partial charge is 0.324 e. The molecule has 1 radical (unpaired) electrons. The Kier molecular flexibility index (Phi) is 8.28. The molecule has 6 nitrogen and oxygen atoms in total. The normalized spacial score (nSPS) is 9.60. The van der Waals surface area contributed by atoms with Crippen molar-refractivity contribution in [1.29, 1.82) is 0 Å². The van der Waals surface area contributed by atoms with E-state index >= 15 is 0 Å². The third-order valence-corrected chi connectivity index (χ3v) is 3.30. The van der Waals surface area contributed by atoms with Gasteiger partial charge in [0.1, 0.15) is 0 Å². The fourth-order valence-corrected chi connectivity index (χ4v) is 1.94. The molecule has 0 saturated carbocycles. The minimum atomic E-state index is -0.748. The van der Waals surface area contributed by atoms with Crippen LogP contribution < -0.4 is 11.2 Å². The quantitative estimate of drug-likeness (QED) is 0.546. The van der Waals surface area contributed by atoms with E-state index in [1.54, 1.807) is 25.4 Å². The van der Waals surface area contributed by atoms with Crippen molar-refractivity contribution in [2.45, 2.75) is 6.92 Å². The molecular weight excluding hydrogens is 424 g/mol. The van der Waals surface area contributed by atoms with Crippen LogP contribution in [-0.4, -0.2) is 19.1 Å².